The minimum Gasteiger partial charge on any atom is -0.494 e. The van der Waals surface area contributed by atoms with Gasteiger partial charge in [0.2, 0.25) is 0 Å². The fourth-order valence-corrected chi connectivity index (χ4v) is 2.63. The summed E-state index contributed by atoms with van der Waals surface area (Å²) in [5, 5.41) is 3.03. The fourth-order valence-electron chi connectivity index (χ4n) is 2.63. The molecule has 1 heterocycles. The molecule has 0 saturated carbocycles. The highest BCUT2D eigenvalue weighted by molar-refractivity contribution is 5.94. The number of carbonyl (C=O) groups excluding carboxylic acids is 1. The first-order chi connectivity index (χ1) is 10.6. The van der Waals surface area contributed by atoms with E-state index in [2.05, 4.69) is 29.1 Å². The van der Waals surface area contributed by atoms with E-state index in [1.807, 2.05) is 25.1 Å². The number of hydrogen-bond acceptors (Lipinski definition) is 4. The molecule has 0 radical (unpaired) electrons. The number of rotatable bonds is 6. The van der Waals surface area contributed by atoms with Crippen molar-refractivity contribution in [2.24, 2.45) is 0 Å². The first-order valence-corrected chi connectivity index (χ1v) is 8.03. The number of carbonyl (C=O) groups is 1. The molecule has 122 valence electrons. The van der Waals surface area contributed by atoms with Gasteiger partial charge in [0, 0.05) is 44.3 Å². The molecule has 1 unspecified atom stereocenters. The normalized spacial score (nSPS) is 18.0. The Bertz CT molecular complexity index is 485. The third-order valence-corrected chi connectivity index (χ3v) is 4.13. The van der Waals surface area contributed by atoms with Gasteiger partial charge in [-0.3, -0.25) is 9.69 Å². The van der Waals surface area contributed by atoms with Crippen LogP contribution >= 0.6 is 0 Å². The molecule has 1 aliphatic heterocycles. The van der Waals surface area contributed by atoms with Crippen molar-refractivity contribution in [3.05, 3.63) is 29.8 Å². The number of piperazine rings is 1. The zero-order valence-electron chi connectivity index (χ0n) is 13.8. The van der Waals surface area contributed by atoms with Crippen LogP contribution in [0.1, 0.15) is 24.2 Å². The minimum absolute atomic E-state index is 0.0393. The Hall–Kier alpha value is -1.59. The molecule has 1 aliphatic rings. The lowest BCUT2D eigenvalue weighted by atomic mass is 10.2. The zero-order valence-corrected chi connectivity index (χ0v) is 13.8. The molecule has 5 nitrogen and oxygen atoms in total. The van der Waals surface area contributed by atoms with Crippen LogP contribution in [-0.4, -0.2) is 68.1 Å². The van der Waals surface area contributed by atoms with E-state index in [9.17, 15) is 4.79 Å². The van der Waals surface area contributed by atoms with Gasteiger partial charge in [-0.15, -0.1) is 0 Å². The van der Waals surface area contributed by atoms with E-state index in [0.717, 1.165) is 31.9 Å². The number of likely N-dealkylation sites (N-methyl/N-ethyl adjacent to an activating group) is 1. The van der Waals surface area contributed by atoms with Crippen molar-refractivity contribution in [1.29, 1.82) is 0 Å². The maximum absolute atomic E-state index is 12.2. The summed E-state index contributed by atoms with van der Waals surface area (Å²) in [5.41, 5.74) is 0.650. The third kappa shape index (κ3) is 4.71. The van der Waals surface area contributed by atoms with Gasteiger partial charge < -0.3 is 15.0 Å². The molecule has 0 aromatic heterocycles. The van der Waals surface area contributed by atoms with Crippen molar-refractivity contribution < 1.29 is 9.53 Å². The SMILES string of the molecule is CCOc1cccc(C(=O)NCC(C)N2CCN(C)CC2)c1. The van der Waals surface area contributed by atoms with Crippen LogP contribution in [0.15, 0.2) is 24.3 Å². The Labute approximate surface area is 133 Å². The lowest BCUT2D eigenvalue weighted by Crippen LogP contribution is -2.51. The highest BCUT2D eigenvalue weighted by Crippen LogP contribution is 2.13. The van der Waals surface area contributed by atoms with E-state index >= 15 is 0 Å². The highest BCUT2D eigenvalue weighted by Gasteiger charge is 2.19. The molecule has 22 heavy (non-hydrogen) atoms. The van der Waals surface area contributed by atoms with E-state index in [1.165, 1.54) is 0 Å². The Kier molecular flexibility index (Phi) is 6.21. The molecule has 2 rings (SSSR count). The quantitative estimate of drug-likeness (QED) is 0.864. The topological polar surface area (TPSA) is 44.8 Å². The summed E-state index contributed by atoms with van der Waals surface area (Å²) in [7, 11) is 2.15. The third-order valence-electron chi connectivity index (χ3n) is 4.13. The molecule has 1 saturated heterocycles. The van der Waals surface area contributed by atoms with Gasteiger partial charge in [0.15, 0.2) is 0 Å². The molecule has 0 aliphatic carbocycles. The van der Waals surface area contributed by atoms with E-state index in [0.29, 0.717) is 24.8 Å². The number of ether oxygens (including phenoxy) is 1. The Morgan fingerprint density at radius 1 is 1.32 bits per heavy atom. The second-order valence-corrected chi connectivity index (χ2v) is 5.86. The van der Waals surface area contributed by atoms with Gasteiger partial charge in [0.05, 0.1) is 6.61 Å². The number of nitrogens with one attached hydrogen (secondary N) is 1. The summed E-state index contributed by atoms with van der Waals surface area (Å²) in [6.07, 6.45) is 0. The van der Waals surface area contributed by atoms with Crippen molar-refractivity contribution in [3.8, 4) is 5.75 Å². The zero-order chi connectivity index (χ0) is 15.9. The van der Waals surface area contributed by atoms with E-state index in [-0.39, 0.29) is 5.91 Å². The van der Waals surface area contributed by atoms with Crippen molar-refractivity contribution in [2.45, 2.75) is 19.9 Å². The first-order valence-electron chi connectivity index (χ1n) is 8.03. The highest BCUT2D eigenvalue weighted by atomic mass is 16.5. The molecule has 1 aromatic rings. The predicted molar refractivity (Wildman–Crippen MR) is 88.5 cm³/mol. The lowest BCUT2D eigenvalue weighted by Gasteiger charge is -2.36. The summed E-state index contributed by atoms with van der Waals surface area (Å²) < 4.78 is 5.43. The van der Waals surface area contributed by atoms with Crippen LogP contribution in [-0.2, 0) is 0 Å². The summed E-state index contributed by atoms with van der Waals surface area (Å²) in [6, 6.07) is 7.68. The minimum atomic E-state index is -0.0393. The number of nitrogens with zero attached hydrogens (tertiary/aromatic N) is 2. The standard InChI is InChI=1S/C17H27N3O2/c1-4-22-16-7-5-6-15(12-16)17(21)18-13-14(2)20-10-8-19(3)9-11-20/h5-7,12,14H,4,8-11,13H2,1-3H3,(H,18,21). The second-order valence-electron chi connectivity index (χ2n) is 5.86. The van der Waals surface area contributed by atoms with Crippen LogP contribution in [0, 0.1) is 0 Å². The van der Waals surface area contributed by atoms with Crippen LogP contribution < -0.4 is 10.1 Å². The predicted octanol–water partition coefficient (Wildman–Crippen LogP) is 1.45. The van der Waals surface area contributed by atoms with Crippen molar-refractivity contribution >= 4 is 5.91 Å². The average Bonchev–Trinajstić information content (AvgIpc) is 2.53. The van der Waals surface area contributed by atoms with Crippen LogP contribution in [0.2, 0.25) is 0 Å². The summed E-state index contributed by atoms with van der Waals surface area (Å²) in [6.45, 7) is 9.68. The number of benzene rings is 1. The van der Waals surface area contributed by atoms with E-state index < -0.39 is 0 Å². The maximum atomic E-state index is 12.2. The molecule has 0 bridgehead atoms. The molecular weight excluding hydrogens is 278 g/mol. The van der Waals surface area contributed by atoms with Gasteiger partial charge in [-0.25, -0.2) is 0 Å². The van der Waals surface area contributed by atoms with Gasteiger partial charge in [-0.05, 0) is 39.1 Å². The summed E-state index contributed by atoms with van der Waals surface area (Å²) in [4.78, 5) is 17.0. The van der Waals surface area contributed by atoms with Crippen LogP contribution in [0.5, 0.6) is 5.75 Å². The Balaban J connectivity index is 1.83. The smallest absolute Gasteiger partial charge is 0.251 e. The second kappa shape index (κ2) is 8.15. The molecule has 1 atom stereocenters. The van der Waals surface area contributed by atoms with Gasteiger partial charge in [0.25, 0.3) is 5.91 Å². The molecule has 5 heteroatoms. The average molecular weight is 305 g/mol. The molecule has 1 aromatic carbocycles. The molecule has 1 N–H and O–H groups in total. The van der Waals surface area contributed by atoms with Gasteiger partial charge in [-0.1, -0.05) is 6.07 Å². The number of hydrogen-bond donors (Lipinski definition) is 1. The Morgan fingerprint density at radius 2 is 2.05 bits per heavy atom. The van der Waals surface area contributed by atoms with Gasteiger partial charge >= 0.3 is 0 Å². The molecule has 0 spiro atoms. The van der Waals surface area contributed by atoms with Crippen LogP contribution in [0.25, 0.3) is 0 Å². The van der Waals surface area contributed by atoms with Gasteiger partial charge in [-0.2, -0.15) is 0 Å². The van der Waals surface area contributed by atoms with Crippen molar-refractivity contribution in [2.75, 3.05) is 46.4 Å². The molecule has 1 amide bonds. The first kappa shape index (κ1) is 16.8. The van der Waals surface area contributed by atoms with E-state index in [1.54, 1.807) is 6.07 Å². The molecular formula is C17H27N3O2. The van der Waals surface area contributed by atoms with Crippen LogP contribution in [0.4, 0.5) is 0 Å². The largest absolute Gasteiger partial charge is 0.494 e. The van der Waals surface area contributed by atoms with Crippen molar-refractivity contribution in [1.82, 2.24) is 15.1 Å². The fraction of sp³-hybridized carbons (Fsp3) is 0.588. The maximum Gasteiger partial charge on any atom is 0.251 e. The van der Waals surface area contributed by atoms with Crippen LogP contribution in [0.3, 0.4) is 0 Å². The summed E-state index contributed by atoms with van der Waals surface area (Å²) in [5.74, 6) is 0.699. The van der Waals surface area contributed by atoms with Gasteiger partial charge in [0.1, 0.15) is 5.75 Å². The monoisotopic (exact) mass is 305 g/mol. The lowest BCUT2D eigenvalue weighted by molar-refractivity contribution is 0.0903. The van der Waals surface area contributed by atoms with Crippen molar-refractivity contribution in [3.63, 3.8) is 0 Å². The van der Waals surface area contributed by atoms with E-state index in [4.69, 9.17) is 4.74 Å². The summed E-state index contributed by atoms with van der Waals surface area (Å²) >= 11 is 0. The number of amides is 1. The molecule has 1 fully saturated rings. The Morgan fingerprint density at radius 3 is 2.73 bits per heavy atom.